The van der Waals surface area contributed by atoms with E-state index >= 15 is 0 Å². The predicted molar refractivity (Wildman–Crippen MR) is 29.4 cm³/mol. The molecule has 0 spiro atoms. The van der Waals surface area contributed by atoms with Gasteiger partial charge in [-0.1, -0.05) is 0 Å². The van der Waals surface area contributed by atoms with Crippen molar-refractivity contribution in [2.24, 2.45) is 0 Å². The van der Waals surface area contributed by atoms with E-state index in [1.165, 1.54) is 24.2 Å². The quantitative estimate of drug-likeness (QED) is 0.446. The fourth-order valence-electron chi connectivity index (χ4n) is 0.450. The lowest BCUT2D eigenvalue weighted by Crippen LogP contribution is -2.35. The summed E-state index contributed by atoms with van der Waals surface area (Å²) in [7, 11) is 1.54. The van der Waals surface area contributed by atoms with E-state index in [1.54, 1.807) is 0 Å². The minimum Gasteiger partial charge on any atom is -0.302 e. The first-order chi connectivity index (χ1) is 4.20. The summed E-state index contributed by atoms with van der Waals surface area (Å²) in [5, 5.41) is 3.12. The highest BCUT2D eigenvalue weighted by Crippen LogP contribution is 1.93. The smallest absolute Gasteiger partial charge is 0.302 e. The van der Waals surface area contributed by atoms with E-state index in [0.29, 0.717) is 0 Å². The van der Waals surface area contributed by atoms with Gasteiger partial charge in [0.2, 0.25) is 0 Å². The molecular weight excluding hydrogens is 120 g/mol. The molecule has 1 aliphatic rings. The van der Waals surface area contributed by atoms with E-state index in [-0.39, 0.29) is 0 Å². The number of hydrogen-bond acceptors (Lipinski definition) is 2. The van der Waals surface area contributed by atoms with Crippen LogP contribution in [-0.2, 0) is 4.79 Å². The van der Waals surface area contributed by atoms with Gasteiger partial charge < -0.3 is 4.90 Å². The molecule has 0 aliphatic carbocycles. The van der Waals surface area contributed by atoms with Gasteiger partial charge in [-0.05, 0) is 0 Å². The third-order valence-corrected chi connectivity index (χ3v) is 0.948. The number of nitrogens with zero attached hydrogens (tertiary/aromatic N) is 2. The van der Waals surface area contributed by atoms with Crippen molar-refractivity contribution in [1.82, 2.24) is 10.2 Å². The monoisotopic (exact) mass is 125 g/mol. The first-order valence-corrected chi connectivity index (χ1v) is 2.41. The van der Waals surface area contributed by atoms with E-state index in [0.717, 1.165) is 0 Å². The van der Waals surface area contributed by atoms with Crippen LogP contribution in [0.3, 0.4) is 0 Å². The average molecular weight is 125 g/mol. The molecule has 0 bridgehead atoms. The molecule has 1 radical (unpaired) electrons. The van der Waals surface area contributed by atoms with Crippen molar-refractivity contribution in [2.45, 2.75) is 0 Å². The van der Waals surface area contributed by atoms with E-state index in [4.69, 9.17) is 0 Å². The van der Waals surface area contributed by atoms with Gasteiger partial charge in [0.25, 0.3) is 5.91 Å². The highest BCUT2D eigenvalue weighted by atomic mass is 16.2. The van der Waals surface area contributed by atoms with Gasteiger partial charge in [0.15, 0.2) is 0 Å². The fourth-order valence-corrected chi connectivity index (χ4v) is 0.450. The Kier molecular flexibility index (Phi) is 1.22. The number of amides is 3. The summed E-state index contributed by atoms with van der Waals surface area (Å²) < 4.78 is 0. The zero-order chi connectivity index (χ0) is 6.85. The van der Waals surface area contributed by atoms with Gasteiger partial charge in [-0.3, -0.25) is 4.79 Å². The van der Waals surface area contributed by atoms with Crippen molar-refractivity contribution < 1.29 is 9.59 Å². The van der Waals surface area contributed by atoms with Gasteiger partial charge in [-0.2, -0.15) is 5.32 Å². The molecule has 0 aromatic rings. The fraction of sp³-hybridized carbons (Fsp3) is 0.200. The van der Waals surface area contributed by atoms with Crippen molar-refractivity contribution in [3.63, 3.8) is 0 Å². The Bertz CT molecular complexity index is 185. The second kappa shape index (κ2) is 1.89. The molecule has 0 N–H and O–H groups in total. The van der Waals surface area contributed by atoms with Crippen LogP contribution in [0.1, 0.15) is 0 Å². The Morgan fingerprint density at radius 3 is 2.67 bits per heavy atom. The summed E-state index contributed by atoms with van der Waals surface area (Å²) in [6.45, 7) is 0. The number of imide groups is 1. The maximum absolute atomic E-state index is 10.5. The molecule has 1 aliphatic heterocycles. The van der Waals surface area contributed by atoms with Gasteiger partial charge in [-0.25, -0.2) is 4.79 Å². The number of rotatable bonds is 0. The summed E-state index contributed by atoms with van der Waals surface area (Å²) in [4.78, 5) is 22.0. The van der Waals surface area contributed by atoms with Crippen LogP contribution in [-0.4, -0.2) is 23.9 Å². The highest BCUT2D eigenvalue weighted by Gasteiger charge is 2.15. The zero-order valence-electron chi connectivity index (χ0n) is 4.87. The number of hydrogen-bond donors (Lipinski definition) is 0. The van der Waals surface area contributed by atoms with Gasteiger partial charge >= 0.3 is 6.03 Å². The Hall–Kier alpha value is -1.32. The maximum atomic E-state index is 10.5. The topological polar surface area (TPSA) is 51.5 Å². The molecule has 0 fully saturated rings. The molecule has 0 aromatic heterocycles. The van der Waals surface area contributed by atoms with Crippen LogP contribution in [0.5, 0.6) is 0 Å². The van der Waals surface area contributed by atoms with Gasteiger partial charge in [-0.15, -0.1) is 0 Å². The lowest BCUT2D eigenvalue weighted by molar-refractivity contribution is -0.116. The van der Waals surface area contributed by atoms with Crippen LogP contribution < -0.4 is 5.32 Å². The third-order valence-electron chi connectivity index (χ3n) is 0.948. The molecule has 9 heavy (non-hydrogen) atoms. The molecule has 3 amide bonds. The molecule has 0 aromatic carbocycles. The molecule has 1 rings (SSSR count). The molecule has 0 atom stereocenters. The second-order valence-electron chi connectivity index (χ2n) is 1.66. The Balaban J connectivity index is 2.76. The number of urea groups is 1. The molecule has 0 saturated carbocycles. The molecule has 0 saturated heterocycles. The summed E-state index contributed by atoms with van der Waals surface area (Å²) in [6.07, 6.45) is 2.62. The number of carbonyl (C=O) groups is 2. The summed E-state index contributed by atoms with van der Waals surface area (Å²) in [6, 6.07) is -0.512. The maximum Gasteiger partial charge on any atom is 0.350 e. The first kappa shape index (κ1) is 5.81. The Morgan fingerprint density at radius 2 is 2.22 bits per heavy atom. The van der Waals surface area contributed by atoms with Crippen molar-refractivity contribution in [3.05, 3.63) is 12.3 Å². The van der Waals surface area contributed by atoms with Gasteiger partial charge in [0.05, 0.1) is 0 Å². The molecular formula is C5H5N2O2. The highest BCUT2D eigenvalue weighted by molar-refractivity contribution is 6.02. The largest absolute Gasteiger partial charge is 0.350 e. The predicted octanol–water partition coefficient (Wildman–Crippen LogP) is -0.303. The van der Waals surface area contributed by atoms with Crippen LogP contribution >= 0.6 is 0 Å². The lowest BCUT2D eigenvalue weighted by atomic mass is 10.5. The molecule has 47 valence electrons. The normalized spacial score (nSPS) is 18.1. The lowest BCUT2D eigenvalue weighted by Gasteiger charge is -2.12. The number of carbonyl (C=O) groups excluding carboxylic acids is 2. The Morgan fingerprint density at radius 1 is 1.56 bits per heavy atom. The van der Waals surface area contributed by atoms with Gasteiger partial charge in [0.1, 0.15) is 0 Å². The standard InChI is InChI=1S/C5H5N2O2/c1-7-3-2-4(8)6-5(7)9/h2-3H,1H3. The molecule has 1 heterocycles. The SMILES string of the molecule is CN1C=CC(=O)[N]C1=O. The van der Waals surface area contributed by atoms with E-state index in [1.807, 2.05) is 0 Å². The molecule has 4 heteroatoms. The zero-order valence-corrected chi connectivity index (χ0v) is 4.87. The minimum absolute atomic E-state index is 0.488. The van der Waals surface area contributed by atoms with Crippen LogP contribution in [0.4, 0.5) is 4.79 Å². The third kappa shape index (κ3) is 1.07. The van der Waals surface area contributed by atoms with Crippen molar-refractivity contribution >= 4 is 11.9 Å². The van der Waals surface area contributed by atoms with Crippen molar-refractivity contribution in [1.29, 1.82) is 0 Å². The molecule has 0 unspecified atom stereocenters. The van der Waals surface area contributed by atoms with Crippen LogP contribution in [0.25, 0.3) is 0 Å². The summed E-state index contributed by atoms with van der Waals surface area (Å²) >= 11 is 0. The second-order valence-corrected chi connectivity index (χ2v) is 1.66. The van der Waals surface area contributed by atoms with E-state index in [2.05, 4.69) is 5.32 Å². The van der Waals surface area contributed by atoms with Crippen LogP contribution in [0, 0.1) is 0 Å². The minimum atomic E-state index is -0.512. The van der Waals surface area contributed by atoms with E-state index < -0.39 is 11.9 Å². The molecule has 4 nitrogen and oxygen atoms in total. The van der Waals surface area contributed by atoms with Crippen molar-refractivity contribution in [2.75, 3.05) is 7.05 Å². The Labute approximate surface area is 52.1 Å². The van der Waals surface area contributed by atoms with Gasteiger partial charge in [0, 0.05) is 19.3 Å². The van der Waals surface area contributed by atoms with E-state index in [9.17, 15) is 9.59 Å². The summed E-state index contributed by atoms with van der Waals surface area (Å²) in [5.74, 6) is -0.488. The summed E-state index contributed by atoms with van der Waals surface area (Å²) in [5.41, 5.74) is 0. The average Bonchev–Trinajstić information content (AvgIpc) is 1.80. The first-order valence-electron chi connectivity index (χ1n) is 2.41. The van der Waals surface area contributed by atoms with Crippen LogP contribution in [0.15, 0.2) is 12.3 Å². The van der Waals surface area contributed by atoms with Crippen molar-refractivity contribution in [3.8, 4) is 0 Å². The van der Waals surface area contributed by atoms with Crippen LogP contribution in [0.2, 0.25) is 0 Å².